The van der Waals surface area contributed by atoms with Gasteiger partial charge in [-0.2, -0.15) is 5.10 Å². The summed E-state index contributed by atoms with van der Waals surface area (Å²) in [4.78, 5) is 44.6. The number of nitrogens with zero attached hydrogens (tertiary/aromatic N) is 3. The number of aromatic nitrogens is 3. The number of hydrogen-bond donors (Lipinski definition) is 5. The Hall–Kier alpha value is -4.72. The Bertz CT molecular complexity index is 1740. The van der Waals surface area contributed by atoms with Crippen LogP contribution in [-0.2, 0) is 15.1 Å². The average molecular weight is 599 g/mol. The van der Waals surface area contributed by atoms with Crippen molar-refractivity contribution in [3.63, 3.8) is 0 Å². The van der Waals surface area contributed by atoms with E-state index >= 15 is 0 Å². The Labute approximate surface area is 250 Å². The third-order valence-corrected chi connectivity index (χ3v) is 9.28. The highest BCUT2D eigenvalue weighted by Crippen LogP contribution is 2.49. The van der Waals surface area contributed by atoms with Crippen LogP contribution in [0.5, 0.6) is 11.6 Å². The van der Waals surface area contributed by atoms with Gasteiger partial charge < -0.3 is 32.6 Å². The van der Waals surface area contributed by atoms with Crippen LogP contribution in [0.4, 0.5) is 5.69 Å². The number of benzene rings is 1. The first-order valence-electron chi connectivity index (χ1n) is 13.8. The van der Waals surface area contributed by atoms with Gasteiger partial charge in [0, 0.05) is 41.0 Å². The van der Waals surface area contributed by atoms with Crippen molar-refractivity contribution in [1.82, 2.24) is 25.8 Å². The zero-order valence-electron chi connectivity index (χ0n) is 23.1. The molecule has 0 radical (unpaired) electrons. The van der Waals surface area contributed by atoms with E-state index in [9.17, 15) is 14.4 Å². The number of anilines is 1. The highest BCUT2D eigenvalue weighted by atomic mass is 32.1. The molecule has 12 nitrogen and oxygen atoms in total. The van der Waals surface area contributed by atoms with E-state index in [2.05, 4.69) is 32.4 Å². The van der Waals surface area contributed by atoms with Gasteiger partial charge in [-0.3, -0.25) is 19.4 Å². The average Bonchev–Trinajstić information content (AvgIpc) is 3.43. The smallest absolute Gasteiger partial charge is 0.262 e. The molecule has 1 fully saturated rings. The number of nitrogen functional groups attached to an aromatic ring is 1. The third kappa shape index (κ3) is 4.90. The molecule has 6 rings (SSSR count). The van der Waals surface area contributed by atoms with Crippen LogP contribution in [0.1, 0.15) is 58.2 Å². The maximum absolute atomic E-state index is 14.0. The second-order valence-electron chi connectivity index (χ2n) is 10.6. The lowest BCUT2D eigenvalue weighted by Crippen LogP contribution is -2.54. The Kier molecular flexibility index (Phi) is 7.38. The Balaban J connectivity index is 1.37. The van der Waals surface area contributed by atoms with Gasteiger partial charge in [0.25, 0.3) is 5.91 Å². The fourth-order valence-electron chi connectivity index (χ4n) is 5.90. The molecule has 0 saturated heterocycles. The number of nitrogens with two attached hydrogens (primary N) is 3. The van der Waals surface area contributed by atoms with Crippen molar-refractivity contribution in [3.8, 4) is 11.6 Å². The topological polar surface area (TPSA) is 201 Å². The van der Waals surface area contributed by atoms with Crippen LogP contribution < -0.4 is 32.6 Å². The summed E-state index contributed by atoms with van der Waals surface area (Å²) < 4.78 is 6.29. The van der Waals surface area contributed by atoms with E-state index in [1.54, 1.807) is 36.4 Å². The van der Waals surface area contributed by atoms with Crippen molar-refractivity contribution in [1.29, 1.82) is 0 Å². The predicted octanol–water partition coefficient (Wildman–Crippen LogP) is 2.59. The van der Waals surface area contributed by atoms with Crippen LogP contribution in [0.15, 0.2) is 61.4 Å². The number of rotatable bonds is 7. The molecular weight excluding hydrogens is 568 g/mol. The molecule has 43 heavy (non-hydrogen) atoms. The number of hydrogen-bond acceptors (Lipinski definition) is 11. The van der Waals surface area contributed by atoms with Gasteiger partial charge in [-0.05, 0) is 48.7 Å². The first-order valence-corrected chi connectivity index (χ1v) is 14.6. The minimum absolute atomic E-state index is 0.242. The van der Waals surface area contributed by atoms with E-state index in [-0.39, 0.29) is 40.3 Å². The molecule has 3 aromatic heterocycles. The first-order chi connectivity index (χ1) is 20.7. The summed E-state index contributed by atoms with van der Waals surface area (Å²) in [6.07, 6.45) is 7.45. The van der Waals surface area contributed by atoms with E-state index < -0.39 is 17.4 Å². The molecule has 4 atom stereocenters. The van der Waals surface area contributed by atoms with Crippen molar-refractivity contribution in [2.24, 2.45) is 11.5 Å². The molecule has 2 aliphatic rings. The molecule has 4 aromatic rings. The van der Waals surface area contributed by atoms with Crippen LogP contribution in [0.25, 0.3) is 10.1 Å². The van der Waals surface area contributed by atoms with Crippen LogP contribution in [0.3, 0.4) is 0 Å². The number of carbonyl (C=O) groups excluding carboxylic acids is 3. The first kappa shape index (κ1) is 28.4. The summed E-state index contributed by atoms with van der Waals surface area (Å²) in [5, 5.41) is 14.2. The zero-order valence-corrected chi connectivity index (χ0v) is 23.9. The molecule has 220 valence electrons. The second-order valence-corrected chi connectivity index (χ2v) is 11.6. The highest BCUT2D eigenvalue weighted by molar-refractivity contribution is 7.21. The van der Waals surface area contributed by atoms with Crippen LogP contribution in [0, 0.1) is 0 Å². The second kappa shape index (κ2) is 11.2. The fourth-order valence-corrected chi connectivity index (χ4v) is 7.11. The molecule has 2 aliphatic carbocycles. The van der Waals surface area contributed by atoms with Crippen LogP contribution >= 0.6 is 11.3 Å². The van der Waals surface area contributed by atoms with Gasteiger partial charge in [0.1, 0.15) is 11.3 Å². The van der Waals surface area contributed by atoms with Crippen molar-refractivity contribution < 1.29 is 19.1 Å². The Morgan fingerprint density at radius 2 is 1.88 bits per heavy atom. The fraction of sp³-hybridized carbons (Fsp3) is 0.267. The van der Waals surface area contributed by atoms with Gasteiger partial charge in [-0.15, -0.1) is 16.4 Å². The van der Waals surface area contributed by atoms with Gasteiger partial charge in [-0.25, -0.2) is 0 Å². The van der Waals surface area contributed by atoms with Gasteiger partial charge >= 0.3 is 0 Å². The van der Waals surface area contributed by atoms with Crippen molar-refractivity contribution in [2.45, 2.75) is 49.3 Å². The predicted molar refractivity (Wildman–Crippen MR) is 161 cm³/mol. The normalized spacial score (nSPS) is 23.0. The lowest BCUT2D eigenvalue weighted by molar-refractivity contribution is -0.124. The number of Topliss-reactive ketones (excluding diaryl/α,β-unsaturated/α-hetero) is 1. The SMILES string of the molecule is C=CC(=O)N[C@H]1CCCC[C@H]1NC(=O)c1sc2c(N)ccc3c2c1C(N)C(=O)C3(N)c1ccc(Oc2cccnn2)cn1. The number of ether oxygens (including phenoxy) is 1. The number of thiophene rings is 1. The van der Waals surface area contributed by atoms with Crippen molar-refractivity contribution in [2.75, 3.05) is 5.73 Å². The summed E-state index contributed by atoms with van der Waals surface area (Å²) in [7, 11) is 0. The third-order valence-electron chi connectivity index (χ3n) is 8.03. The standard InChI is InChI=1S/C30H30N8O4S/c1-2-21(39)36-18-6-3-4-7-19(18)37-29(41)27-24-23-16(10-11-17(31)26(23)43-27)30(33,28(40)25(24)32)20-12-9-15(14-34-20)42-22-8-5-13-35-38-22/h2,5,8-14,18-19,25H,1,3-4,6-7,31-33H2,(H,36,39)(H,37,41)/t18-,19+,25?,30?/m0/s1. The molecule has 2 unspecified atom stereocenters. The molecule has 0 bridgehead atoms. The maximum atomic E-state index is 14.0. The maximum Gasteiger partial charge on any atom is 0.262 e. The molecule has 8 N–H and O–H groups in total. The molecule has 3 heterocycles. The molecule has 0 spiro atoms. The number of carbonyl (C=O) groups is 3. The summed E-state index contributed by atoms with van der Waals surface area (Å²) in [6.45, 7) is 3.52. The van der Waals surface area contributed by atoms with Gasteiger partial charge in [0.15, 0.2) is 5.78 Å². The minimum Gasteiger partial charge on any atom is -0.436 e. The summed E-state index contributed by atoms with van der Waals surface area (Å²) in [6, 6.07) is 8.17. The van der Waals surface area contributed by atoms with Gasteiger partial charge in [0.05, 0.1) is 27.5 Å². The quantitative estimate of drug-likeness (QED) is 0.155. The lowest BCUT2D eigenvalue weighted by atomic mass is 9.72. The van der Waals surface area contributed by atoms with Crippen LogP contribution in [-0.4, -0.2) is 44.9 Å². The van der Waals surface area contributed by atoms with E-state index in [1.165, 1.54) is 29.8 Å². The summed E-state index contributed by atoms with van der Waals surface area (Å²) in [5.41, 5.74) is 19.7. The highest BCUT2D eigenvalue weighted by Gasteiger charge is 2.49. The van der Waals surface area contributed by atoms with E-state index in [1.807, 2.05) is 0 Å². The number of amides is 2. The minimum atomic E-state index is -1.71. The Morgan fingerprint density at radius 1 is 1.12 bits per heavy atom. The number of nitrogens with one attached hydrogen (secondary N) is 2. The number of pyridine rings is 1. The zero-order chi connectivity index (χ0) is 30.3. The van der Waals surface area contributed by atoms with E-state index in [0.29, 0.717) is 39.1 Å². The molecule has 1 aromatic carbocycles. The monoisotopic (exact) mass is 598 g/mol. The van der Waals surface area contributed by atoms with Crippen molar-refractivity contribution >= 4 is 44.7 Å². The summed E-state index contributed by atoms with van der Waals surface area (Å²) >= 11 is 1.17. The van der Waals surface area contributed by atoms with Crippen LogP contribution in [0.2, 0.25) is 0 Å². The summed E-state index contributed by atoms with van der Waals surface area (Å²) in [5.74, 6) is -0.533. The molecule has 0 aliphatic heterocycles. The van der Waals surface area contributed by atoms with E-state index in [0.717, 1.165) is 19.3 Å². The number of ketones is 1. The Morgan fingerprint density at radius 3 is 2.56 bits per heavy atom. The van der Waals surface area contributed by atoms with E-state index in [4.69, 9.17) is 21.9 Å². The lowest BCUT2D eigenvalue weighted by Gasteiger charge is -2.36. The molecular formula is C30H30N8O4S. The molecule has 2 amide bonds. The molecule has 13 heteroatoms. The van der Waals surface area contributed by atoms with Gasteiger partial charge in [0.2, 0.25) is 11.8 Å². The largest absolute Gasteiger partial charge is 0.436 e. The van der Waals surface area contributed by atoms with Crippen molar-refractivity contribution in [3.05, 3.63) is 83.1 Å². The molecule has 1 saturated carbocycles. The van der Waals surface area contributed by atoms with Gasteiger partial charge in [-0.1, -0.05) is 25.5 Å².